The van der Waals surface area contributed by atoms with E-state index in [9.17, 15) is 0 Å². The van der Waals surface area contributed by atoms with Crippen LogP contribution < -0.4 is 5.32 Å². The molecule has 0 bridgehead atoms. The summed E-state index contributed by atoms with van der Waals surface area (Å²) in [5, 5.41) is 3.45. The lowest BCUT2D eigenvalue weighted by Crippen LogP contribution is -2.42. The molecule has 0 fully saturated rings. The van der Waals surface area contributed by atoms with E-state index in [-0.39, 0.29) is 5.54 Å². The number of rotatable bonds is 10. The molecule has 102 valence electrons. The summed E-state index contributed by atoms with van der Waals surface area (Å²) in [6.07, 6.45) is 7.15. The van der Waals surface area contributed by atoms with Gasteiger partial charge in [0.05, 0.1) is 0 Å². The molecule has 0 atom stereocenters. The van der Waals surface area contributed by atoms with Gasteiger partial charge in [-0.2, -0.15) is 0 Å². The Morgan fingerprint density at radius 3 is 2.35 bits per heavy atom. The molecule has 0 aromatic carbocycles. The molecule has 0 aromatic rings. The lowest BCUT2D eigenvalue weighted by atomic mass is 10.1. The largest absolute Gasteiger partial charge is 0.317 e. The normalized spacial score (nSPS) is 12.1. The predicted octanol–water partition coefficient (Wildman–Crippen LogP) is 3.44. The van der Waals surface area contributed by atoms with Crippen molar-refractivity contribution in [3.8, 4) is 0 Å². The number of hydrogen-bond acceptors (Lipinski definition) is 2. The Kier molecular flexibility index (Phi) is 9.47. The Hall–Kier alpha value is -0.340. The van der Waals surface area contributed by atoms with Crippen LogP contribution in [0.5, 0.6) is 0 Å². The topological polar surface area (TPSA) is 15.3 Å². The van der Waals surface area contributed by atoms with Gasteiger partial charge in [0.2, 0.25) is 0 Å². The fourth-order valence-electron chi connectivity index (χ4n) is 1.89. The predicted molar refractivity (Wildman–Crippen MR) is 78.5 cm³/mol. The van der Waals surface area contributed by atoms with Crippen molar-refractivity contribution < 1.29 is 0 Å². The van der Waals surface area contributed by atoms with Crippen LogP contribution in [0, 0.1) is 0 Å². The molecule has 0 amide bonds. The first kappa shape index (κ1) is 16.7. The van der Waals surface area contributed by atoms with Gasteiger partial charge in [-0.1, -0.05) is 19.4 Å². The van der Waals surface area contributed by atoms with Gasteiger partial charge in [-0.3, -0.25) is 4.90 Å². The van der Waals surface area contributed by atoms with Crippen LogP contribution in [0.2, 0.25) is 0 Å². The van der Waals surface area contributed by atoms with Crippen LogP contribution in [-0.2, 0) is 0 Å². The van der Waals surface area contributed by atoms with Crippen LogP contribution in [-0.4, -0.2) is 36.6 Å². The maximum absolute atomic E-state index is 3.84. The first-order chi connectivity index (χ1) is 8.02. The van der Waals surface area contributed by atoms with Gasteiger partial charge in [0.15, 0.2) is 0 Å². The monoisotopic (exact) mass is 240 g/mol. The molecule has 0 aliphatic rings. The van der Waals surface area contributed by atoms with Gasteiger partial charge in [-0.15, -0.1) is 6.58 Å². The average molecular weight is 240 g/mol. The van der Waals surface area contributed by atoms with E-state index in [1.807, 2.05) is 6.08 Å². The molecule has 0 unspecified atom stereocenters. The number of unbranched alkanes of at least 4 members (excludes halogenated alkanes) is 2. The highest BCUT2D eigenvalue weighted by atomic mass is 15.2. The summed E-state index contributed by atoms with van der Waals surface area (Å²) in [6.45, 7) is 17.4. The molecule has 0 aliphatic carbocycles. The third kappa shape index (κ3) is 9.37. The fourth-order valence-corrected chi connectivity index (χ4v) is 1.89. The smallest absolute Gasteiger partial charge is 0.0165 e. The molecular weight excluding hydrogens is 208 g/mol. The molecule has 0 saturated carbocycles. The summed E-state index contributed by atoms with van der Waals surface area (Å²) in [5.74, 6) is 0. The van der Waals surface area contributed by atoms with Crippen LogP contribution in [0.1, 0.15) is 53.4 Å². The van der Waals surface area contributed by atoms with Gasteiger partial charge < -0.3 is 5.32 Å². The molecule has 0 heterocycles. The first-order valence-corrected chi connectivity index (χ1v) is 7.09. The molecule has 2 nitrogen and oxygen atoms in total. The summed E-state index contributed by atoms with van der Waals surface area (Å²) in [7, 11) is 0. The Bertz CT molecular complexity index is 182. The zero-order chi connectivity index (χ0) is 13.1. The van der Waals surface area contributed by atoms with Crippen molar-refractivity contribution in [2.45, 2.75) is 58.9 Å². The van der Waals surface area contributed by atoms with Crippen LogP contribution >= 0.6 is 0 Å². The molecule has 0 aliphatic heterocycles. The van der Waals surface area contributed by atoms with Gasteiger partial charge in [0.25, 0.3) is 0 Å². The number of hydrogen-bond donors (Lipinski definition) is 1. The minimum absolute atomic E-state index is 0.259. The molecule has 0 aromatic heterocycles. The maximum atomic E-state index is 3.84. The third-order valence-electron chi connectivity index (χ3n) is 3.01. The average Bonchev–Trinajstić information content (AvgIpc) is 2.25. The molecule has 17 heavy (non-hydrogen) atoms. The number of nitrogens with one attached hydrogen (secondary N) is 1. The number of nitrogens with zero attached hydrogens (tertiary/aromatic N) is 1. The lowest BCUT2D eigenvalue weighted by Gasteiger charge is -2.34. The van der Waals surface area contributed by atoms with Gasteiger partial charge in [-0.05, 0) is 59.7 Å². The maximum Gasteiger partial charge on any atom is 0.0165 e. The summed E-state index contributed by atoms with van der Waals surface area (Å²) < 4.78 is 0. The van der Waals surface area contributed by atoms with E-state index in [0.29, 0.717) is 0 Å². The van der Waals surface area contributed by atoms with Crippen molar-refractivity contribution >= 4 is 0 Å². The molecule has 1 N–H and O–H groups in total. The zero-order valence-electron chi connectivity index (χ0n) is 12.4. The van der Waals surface area contributed by atoms with Gasteiger partial charge >= 0.3 is 0 Å². The standard InChI is InChI=1S/C15H32N2/c1-6-11-16-12-9-8-10-14-17(13-7-2)15(3,4)5/h7,16H,2,6,8-14H2,1,3-5H3. The van der Waals surface area contributed by atoms with Gasteiger partial charge in [0, 0.05) is 12.1 Å². The van der Waals surface area contributed by atoms with Crippen LogP contribution in [0.3, 0.4) is 0 Å². The molecule has 0 radical (unpaired) electrons. The third-order valence-corrected chi connectivity index (χ3v) is 3.01. The van der Waals surface area contributed by atoms with Crippen molar-refractivity contribution in [2.75, 3.05) is 26.2 Å². The van der Waals surface area contributed by atoms with Crippen molar-refractivity contribution in [3.05, 3.63) is 12.7 Å². The summed E-state index contributed by atoms with van der Waals surface area (Å²) in [4.78, 5) is 2.50. The molecule has 0 rings (SSSR count). The van der Waals surface area contributed by atoms with Crippen molar-refractivity contribution in [1.82, 2.24) is 10.2 Å². The van der Waals surface area contributed by atoms with Crippen molar-refractivity contribution in [3.63, 3.8) is 0 Å². The lowest BCUT2D eigenvalue weighted by molar-refractivity contribution is 0.151. The van der Waals surface area contributed by atoms with E-state index in [1.165, 1.54) is 38.8 Å². The summed E-state index contributed by atoms with van der Waals surface area (Å²) in [6, 6.07) is 0. The molecule has 2 heteroatoms. The highest BCUT2D eigenvalue weighted by molar-refractivity contribution is 4.82. The fraction of sp³-hybridized carbons (Fsp3) is 0.867. The highest BCUT2D eigenvalue weighted by Crippen LogP contribution is 2.14. The quantitative estimate of drug-likeness (QED) is 0.465. The minimum Gasteiger partial charge on any atom is -0.317 e. The zero-order valence-corrected chi connectivity index (χ0v) is 12.4. The molecular formula is C15H32N2. The Morgan fingerprint density at radius 2 is 1.82 bits per heavy atom. The van der Waals surface area contributed by atoms with E-state index in [0.717, 1.165) is 13.1 Å². The SMILES string of the molecule is C=CCN(CCCCCNCCC)C(C)(C)C. The van der Waals surface area contributed by atoms with Crippen LogP contribution in [0.25, 0.3) is 0 Å². The molecule has 0 saturated heterocycles. The summed E-state index contributed by atoms with van der Waals surface area (Å²) in [5.41, 5.74) is 0.259. The minimum atomic E-state index is 0.259. The van der Waals surface area contributed by atoms with E-state index in [4.69, 9.17) is 0 Å². The molecule has 0 spiro atoms. The van der Waals surface area contributed by atoms with Crippen molar-refractivity contribution in [2.24, 2.45) is 0 Å². The second-order valence-corrected chi connectivity index (χ2v) is 5.72. The van der Waals surface area contributed by atoms with Crippen LogP contribution in [0.4, 0.5) is 0 Å². The van der Waals surface area contributed by atoms with E-state index >= 15 is 0 Å². The van der Waals surface area contributed by atoms with Crippen molar-refractivity contribution in [1.29, 1.82) is 0 Å². The van der Waals surface area contributed by atoms with Crippen LogP contribution in [0.15, 0.2) is 12.7 Å². The Balaban J connectivity index is 3.58. The highest BCUT2D eigenvalue weighted by Gasteiger charge is 2.18. The van der Waals surface area contributed by atoms with E-state index < -0.39 is 0 Å². The van der Waals surface area contributed by atoms with E-state index in [2.05, 4.69) is 44.5 Å². The first-order valence-electron chi connectivity index (χ1n) is 7.09. The van der Waals surface area contributed by atoms with E-state index in [1.54, 1.807) is 0 Å². The Morgan fingerprint density at radius 1 is 1.12 bits per heavy atom. The second-order valence-electron chi connectivity index (χ2n) is 5.72. The van der Waals surface area contributed by atoms with Gasteiger partial charge in [0.1, 0.15) is 0 Å². The van der Waals surface area contributed by atoms with Gasteiger partial charge in [-0.25, -0.2) is 0 Å². The Labute approximate surface area is 108 Å². The second kappa shape index (κ2) is 9.67. The summed E-state index contributed by atoms with van der Waals surface area (Å²) >= 11 is 0.